The van der Waals surface area contributed by atoms with E-state index >= 15 is 0 Å². The standard InChI is InChI=1S/C25H28N2O5S/c1-17-9-10-18(2)23(15-17)27-33(29,30)21-13-11-20(12-14-21)32-16-25(28)26-19(3)22-7-5-6-8-24(22)31-4/h5-15,19,27H,16H2,1-4H3,(H,26,28)/t19-/m1/s1. The van der Waals surface area contributed by atoms with E-state index in [0.717, 1.165) is 16.7 Å². The van der Waals surface area contributed by atoms with Crippen LogP contribution < -0.4 is 19.5 Å². The number of carbonyl (C=O) groups is 1. The lowest BCUT2D eigenvalue weighted by molar-refractivity contribution is -0.123. The Kier molecular flexibility index (Phi) is 7.60. The van der Waals surface area contributed by atoms with E-state index in [4.69, 9.17) is 9.47 Å². The zero-order valence-electron chi connectivity index (χ0n) is 19.1. The Morgan fingerprint density at radius 3 is 2.39 bits per heavy atom. The number of para-hydroxylation sites is 1. The van der Waals surface area contributed by atoms with Gasteiger partial charge in [-0.25, -0.2) is 8.42 Å². The number of amides is 1. The van der Waals surface area contributed by atoms with Gasteiger partial charge in [0.1, 0.15) is 11.5 Å². The number of hydrogen-bond acceptors (Lipinski definition) is 5. The zero-order chi connectivity index (χ0) is 24.0. The van der Waals surface area contributed by atoms with E-state index in [-0.39, 0.29) is 23.5 Å². The molecule has 1 atom stereocenters. The molecule has 0 aromatic heterocycles. The monoisotopic (exact) mass is 468 g/mol. The van der Waals surface area contributed by atoms with E-state index < -0.39 is 10.0 Å². The maximum atomic E-state index is 12.7. The van der Waals surface area contributed by atoms with E-state index in [9.17, 15) is 13.2 Å². The number of methoxy groups -OCH3 is 1. The highest BCUT2D eigenvalue weighted by Gasteiger charge is 2.17. The van der Waals surface area contributed by atoms with Crippen molar-refractivity contribution in [2.75, 3.05) is 18.4 Å². The molecular formula is C25H28N2O5S. The van der Waals surface area contributed by atoms with Crippen molar-refractivity contribution < 1.29 is 22.7 Å². The summed E-state index contributed by atoms with van der Waals surface area (Å²) in [6, 6.07) is 18.7. The molecule has 3 rings (SSSR count). The number of anilines is 1. The predicted octanol–water partition coefficient (Wildman–Crippen LogP) is 4.37. The second kappa shape index (κ2) is 10.4. The third-order valence-corrected chi connectivity index (χ3v) is 6.51. The first-order valence-electron chi connectivity index (χ1n) is 10.4. The van der Waals surface area contributed by atoms with Gasteiger partial charge in [-0.1, -0.05) is 30.3 Å². The molecule has 0 saturated carbocycles. The van der Waals surface area contributed by atoms with Gasteiger partial charge in [-0.15, -0.1) is 0 Å². The molecule has 0 saturated heterocycles. The van der Waals surface area contributed by atoms with Crippen molar-refractivity contribution in [3.8, 4) is 11.5 Å². The van der Waals surface area contributed by atoms with Gasteiger partial charge in [0.2, 0.25) is 0 Å². The second-order valence-electron chi connectivity index (χ2n) is 7.72. The van der Waals surface area contributed by atoms with Crippen molar-refractivity contribution in [3.05, 3.63) is 83.4 Å². The lowest BCUT2D eigenvalue weighted by atomic mass is 10.1. The van der Waals surface area contributed by atoms with Crippen LogP contribution in [0.3, 0.4) is 0 Å². The van der Waals surface area contributed by atoms with Crippen LogP contribution in [0.15, 0.2) is 71.6 Å². The van der Waals surface area contributed by atoms with E-state index in [2.05, 4.69) is 10.0 Å². The highest BCUT2D eigenvalue weighted by molar-refractivity contribution is 7.92. The fourth-order valence-electron chi connectivity index (χ4n) is 3.30. The number of benzene rings is 3. The quantitative estimate of drug-likeness (QED) is 0.486. The summed E-state index contributed by atoms with van der Waals surface area (Å²) in [5, 5.41) is 2.86. The summed E-state index contributed by atoms with van der Waals surface area (Å²) < 4.78 is 38.9. The number of aryl methyl sites for hydroxylation is 2. The summed E-state index contributed by atoms with van der Waals surface area (Å²) in [5.41, 5.74) is 3.19. The third-order valence-electron chi connectivity index (χ3n) is 5.12. The largest absolute Gasteiger partial charge is 0.496 e. The van der Waals surface area contributed by atoms with Gasteiger partial charge in [-0.05, 0) is 68.3 Å². The van der Waals surface area contributed by atoms with Gasteiger partial charge >= 0.3 is 0 Å². The van der Waals surface area contributed by atoms with Gasteiger partial charge in [0.25, 0.3) is 15.9 Å². The predicted molar refractivity (Wildman–Crippen MR) is 128 cm³/mol. The van der Waals surface area contributed by atoms with Gasteiger partial charge in [0.15, 0.2) is 6.61 Å². The molecule has 0 spiro atoms. The molecule has 7 nitrogen and oxygen atoms in total. The number of sulfonamides is 1. The smallest absolute Gasteiger partial charge is 0.261 e. The molecule has 33 heavy (non-hydrogen) atoms. The molecule has 0 radical (unpaired) electrons. The average Bonchev–Trinajstić information content (AvgIpc) is 2.80. The van der Waals surface area contributed by atoms with E-state index in [1.807, 2.05) is 57.2 Å². The van der Waals surface area contributed by atoms with Crippen molar-refractivity contribution >= 4 is 21.6 Å². The molecule has 8 heteroatoms. The molecule has 0 heterocycles. The molecule has 0 aliphatic rings. The molecule has 1 amide bonds. The van der Waals surface area contributed by atoms with Crippen LogP contribution in [0, 0.1) is 13.8 Å². The van der Waals surface area contributed by atoms with Gasteiger partial charge in [-0.3, -0.25) is 9.52 Å². The fraction of sp³-hybridized carbons (Fsp3) is 0.240. The summed E-state index contributed by atoms with van der Waals surface area (Å²) in [5.74, 6) is 0.778. The topological polar surface area (TPSA) is 93.7 Å². The number of nitrogens with one attached hydrogen (secondary N) is 2. The van der Waals surface area contributed by atoms with E-state index in [1.54, 1.807) is 13.2 Å². The Morgan fingerprint density at radius 2 is 1.70 bits per heavy atom. The molecule has 0 bridgehead atoms. The second-order valence-corrected chi connectivity index (χ2v) is 9.40. The SMILES string of the molecule is COc1ccccc1[C@@H](C)NC(=O)COc1ccc(S(=O)(=O)Nc2cc(C)ccc2C)cc1. The molecule has 0 aliphatic heterocycles. The molecule has 0 fully saturated rings. The number of carbonyl (C=O) groups excluding carboxylic acids is 1. The highest BCUT2D eigenvalue weighted by Crippen LogP contribution is 2.25. The Morgan fingerprint density at radius 1 is 1.00 bits per heavy atom. The maximum Gasteiger partial charge on any atom is 0.261 e. The minimum Gasteiger partial charge on any atom is -0.496 e. The minimum atomic E-state index is -3.75. The Balaban J connectivity index is 1.59. The Hall–Kier alpha value is -3.52. The molecular weight excluding hydrogens is 440 g/mol. The first-order chi connectivity index (χ1) is 15.7. The normalized spacial score (nSPS) is 12.0. The van der Waals surface area contributed by atoms with Crippen LogP contribution in [0.1, 0.15) is 29.7 Å². The van der Waals surface area contributed by atoms with Crippen LogP contribution >= 0.6 is 0 Å². The molecule has 3 aromatic carbocycles. The van der Waals surface area contributed by atoms with Crippen molar-refractivity contribution in [2.45, 2.75) is 31.7 Å². The van der Waals surface area contributed by atoms with Crippen LogP contribution in [-0.2, 0) is 14.8 Å². The van der Waals surface area contributed by atoms with Crippen molar-refractivity contribution in [1.29, 1.82) is 0 Å². The Bertz CT molecular complexity index is 1220. The first-order valence-corrected chi connectivity index (χ1v) is 11.9. The fourth-order valence-corrected chi connectivity index (χ4v) is 4.42. The van der Waals surface area contributed by atoms with Crippen LogP contribution in [-0.4, -0.2) is 28.0 Å². The number of rotatable bonds is 9. The molecule has 0 unspecified atom stereocenters. The van der Waals surface area contributed by atoms with Crippen LogP contribution in [0.2, 0.25) is 0 Å². The molecule has 2 N–H and O–H groups in total. The van der Waals surface area contributed by atoms with Crippen molar-refractivity contribution in [2.24, 2.45) is 0 Å². The zero-order valence-corrected chi connectivity index (χ0v) is 19.9. The van der Waals surface area contributed by atoms with Gasteiger partial charge in [0, 0.05) is 5.56 Å². The summed E-state index contributed by atoms with van der Waals surface area (Å²) in [6.45, 7) is 5.40. The van der Waals surface area contributed by atoms with Crippen LogP contribution in [0.4, 0.5) is 5.69 Å². The van der Waals surface area contributed by atoms with Gasteiger partial charge < -0.3 is 14.8 Å². The number of hydrogen-bond donors (Lipinski definition) is 2. The lowest BCUT2D eigenvalue weighted by Crippen LogP contribution is -2.31. The molecule has 174 valence electrons. The average molecular weight is 469 g/mol. The van der Waals surface area contributed by atoms with Crippen molar-refractivity contribution in [1.82, 2.24) is 5.32 Å². The molecule has 3 aromatic rings. The van der Waals surface area contributed by atoms with Crippen LogP contribution in [0.25, 0.3) is 0 Å². The Labute approximate surface area is 194 Å². The van der Waals surface area contributed by atoms with Gasteiger partial charge in [-0.2, -0.15) is 0 Å². The van der Waals surface area contributed by atoms with E-state index in [0.29, 0.717) is 17.2 Å². The van der Waals surface area contributed by atoms with E-state index in [1.165, 1.54) is 24.3 Å². The number of ether oxygens (including phenoxy) is 2. The third kappa shape index (κ3) is 6.26. The lowest BCUT2D eigenvalue weighted by Gasteiger charge is -2.17. The minimum absolute atomic E-state index is 0.102. The molecule has 0 aliphatic carbocycles. The van der Waals surface area contributed by atoms with Gasteiger partial charge in [0.05, 0.1) is 23.7 Å². The highest BCUT2D eigenvalue weighted by atomic mass is 32.2. The summed E-state index contributed by atoms with van der Waals surface area (Å²) in [6.07, 6.45) is 0. The maximum absolute atomic E-state index is 12.7. The summed E-state index contributed by atoms with van der Waals surface area (Å²) in [7, 11) is -2.17. The van der Waals surface area contributed by atoms with Crippen LogP contribution in [0.5, 0.6) is 11.5 Å². The van der Waals surface area contributed by atoms with Crippen molar-refractivity contribution in [3.63, 3.8) is 0 Å². The summed E-state index contributed by atoms with van der Waals surface area (Å²) >= 11 is 0. The first kappa shape index (κ1) is 24.1. The summed E-state index contributed by atoms with van der Waals surface area (Å²) in [4.78, 5) is 12.4.